The largest absolute Gasteiger partial charge is 0.493 e. The SMILES string of the molecule is CCN1C[C@]2(COC)CCC(OC)C34C5CC6C(OC)CC(O)(C(CC32)C14)C5C6OC(=O)/C=C/c1ccc(OC)c(OC)c1. The zero-order valence-electron chi connectivity index (χ0n) is 27.0. The predicted octanol–water partition coefficient (Wildman–Crippen LogP) is 3.81. The number of benzene rings is 1. The van der Waals surface area contributed by atoms with Crippen LogP contribution in [-0.4, -0.2) is 101 Å². The molecule has 0 radical (unpaired) electrons. The van der Waals surface area contributed by atoms with Crippen molar-refractivity contribution in [2.24, 2.45) is 40.4 Å². The van der Waals surface area contributed by atoms with Crippen LogP contribution in [0.15, 0.2) is 24.3 Å². The molecule has 1 saturated heterocycles. The molecule has 1 aromatic carbocycles. The molecule has 5 aliphatic carbocycles. The molecule has 1 N–H and O–H groups in total. The van der Waals surface area contributed by atoms with E-state index >= 15 is 0 Å². The molecule has 0 amide bonds. The molecule has 6 aliphatic rings. The van der Waals surface area contributed by atoms with Crippen molar-refractivity contribution in [1.29, 1.82) is 0 Å². The van der Waals surface area contributed by atoms with Gasteiger partial charge in [-0.3, -0.25) is 4.90 Å². The minimum Gasteiger partial charge on any atom is -0.493 e. The Morgan fingerprint density at radius 3 is 2.55 bits per heavy atom. The lowest BCUT2D eigenvalue weighted by molar-refractivity contribution is -0.277. The molecule has 5 saturated carbocycles. The van der Waals surface area contributed by atoms with Crippen LogP contribution in [0.25, 0.3) is 6.08 Å². The van der Waals surface area contributed by atoms with Crippen molar-refractivity contribution in [1.82, 2.24) is 4.90 Å². The van der Waals surface area contributed by atoms with Gasteiger partial charge in [0.2, 0.25) is 0 Å². The van der Waals surface area contributed by atoms with Gasteiger partial charge in [-0.1, -0.05) is 13.0 Å². The van der Waals surface area contributed by atoms with E-state index in [9.17, 15) is 9.90 Å². The molecule has 242 valence electrons. The van der Waals surface area contributed by atoms with E-state index in [0.29, 0.717) is 23.8 Å². The predicted molar refractivity (Wildman–Crippen MR) is 163 cm³/mol. The zero-order valence-corrected chi connectivity index (χ0v) is 27.0. The molecule has 44 heavy (non-hydrogen) atoms. The number of rotatable bonds is 10. The van der Waals surface area contributed by atoms with Crippen LogP contribution in [0.3, 0.4) is 0 Å². The molecule has 7 rings (SSSR count). The second kappa shape index (κ2) is 11.0. The van der Waals surface area contributed by atoms with Gasteiger partial charge in [0.25, 0.3) is 0 Å². The number of ether oxygens (including phenoxy) is 6. The van der Waals surface area contributed by atoms with Crippen molar-refractivity contribution in [3.8, 4) is 11.5 Å². The topological polar surface area (TPSA) is 95.9 Å². The van der Waals surface area contributed by atoms with Crippen LogP contribution in [0.2, 0.25) is 0 Å². The first-order chi connectivity index (χ1) is 21.3. The maximum Gasteiger partial charge on any atom is 0.331 e. The van der Waals surface area contributed by atoms with Crippen LogP contribution in [0, 0.1) is 40.4 Å². The van der Waals surface area contributed by atoms with Gasteiger partial charge in [-0.15, -0.1) is 0 Å². The summed E-state index contributed by atoms with van der Waals surface area (Å²) in [4.78, 5) is 16.2. The monoisotopic (exact) mass is 611 g/mol. The normalized spacial score (nSPS) is 45.0. The fourth-order valence-electron chi connectivity index (χ4n) is 12.1. The molecule has 1 spiro atoms. The Morgan fingerprint density at radius 1 is 1.07 bits per heavy atom. The van der Waals surface area contributed by atoms with Crippen LogP contribution in [0.5, 0.6) is 11.5 Å². The van der Waals surface area contributed by atoms with Crippen molar-refractivity contribution in [3.05, 3.63) is 29.8 Å². The molecule has 1 aliphatic heterocycles. The third-order valence-electron chi connectivity index (χ3n) is 13.2. The maximum atomic E-state index is 13.5. The first kappa shape index (κ1) is 30.5. The zero-order chi connectivity index (χ0) is 31.0. The highest BCUT2D eigenvalue weighted by atomic mass is 16.6. The number of esters is 1. The van der Waals surface area contributed by atoms with Crippen molar-refractivity contribution >= 4 is 12.0 Å². The third kappa shape index (κ3) is 3.92. The quantitative estimate of drug-likeness (QED) is 0.313. The number of aliphatic hydroxyl groups is 1. The average molecular weight is 612 g/mol. The van der Waals surface area contributed by atoms with Crippen molar-refractivity contribution < 1.29 is 38.3 Å². The number of methoxy groups -OCH3 is 5. The second-order valence-corrected chi connectivity index (χ2v) is 14.3. The maximum absolute atomic E-state index is 13.5. The fraction of sp³-hybridized carbons (Fsp3) is 0.743. The van der Waals surface area contributed by atoms with Crippen LogP contribution < -0.4 is 9.47 Å². The first-order valence-electron chi connectivity index (χ1n) is 16.4. The van der Waals surface area contributed by atoms with Gasteiger partial charge in [0.15, 0.2) is 11.5 Å². The van der Waals surface area contributed by atoms with E-state index in [0.717, 1.165) is 50.9 Å². The Bertz CT molecular complexity index is 1300. The highest BCUT2D eigenvalue weighted by Crippen LogP contribution is 2.79. The molecule has 1 aromatic rings. The van der Waals surface area contributed by atoms with Gasteiger partial charge < -0.3 is 33.5 Å². The molecule has 11 unspecified atom stereocenters. The molecule has 9 nitrogen and oxygen atoms in total. The summed E-state index contributed by atoms with van der Waals surface area (Å²) in [6.45, 7) is 4.92. The van der Waals surface area contributed by atoms with Gasteiger partial charge in [-0.25, -0.2) is 4.79 Å². The van der Waals surface area contributed by atoms with Crippen molar-refractivity contribution in [2.75, 3.05) is 55.2 Å². The van der Waals surface area contributed by atoms with Gasteiger partial charge in [0.05, 0.1) is 38.6 Å². The van der Waals surface area contributed by atoms with Crippen molar-refractivity contribution in [2.45, 2.75) is 69.0 Å². The molecule has 1 heterocycles. The summed E-state index contributed by atoms with van der Waals surface area (Å²) in [6, 6.07) is 5.75. The number of fused-ring (bicyclic) bond motifs is 2. The third-order valence-corrected chi connectivity index (χ3v) is 13.2. The summed E-state index contributed by atoms with van der Waals surface area (Å²) in [5.41, 5.74) is -0.273. The van der Waals surface area contributed by atoms with E-state index in [1.807, 2.05) is 32.4 Å². The van der Waals surface area contributed by atoms with Gasteiger partial charge in [0, 0.05) is 75.0 Å². The Morgan fingerprint density at radius 2 is 1.86 bits per heavy atom. The van der Waals surface area contributed by atoms with Crippen LogP contribution in [0.4, 0.5) is 0 Å². The molecular weight excluding hydrogens is 562 g/mol. The fourth-order valence-corrected chi connectivity index (χ4v) is 12.1. The van der Waals surface area contributed by atoms with E-state index in [-0.39, 0.29) is 52.8 Å². The Balaban J connectivity index is 1.26. The van der Waals surface area contributed by atoms with Crippen LogP contribution >= 0.6 is 0 Å². The van der Waals surface area contributed by atoms with Crippen molar-refractivity contribution in [3.63, 3.8) is 0 Å². The molecule has 12 atom stereocenters. The summed E-state index contributed by atoms with van der Waals surface area (Å²) in [6.07, 6.45) is 7.20. The summed E-state index contributed by atoms with van der Waals surface area (Å²) < 4.78 is 35.7. The number of piperidine rings is 1. The minimum absolute atomic E-state index is 0.0227. The smallest absolute Gasteiger partial charge is 0.331 e. The molecular formula is C35H49NO8. The number of hydrogen-bond donors (Lipinski definition) is 1. The number of hydrogen-bond acceptors (Lipinski definition) is 9. The molecule has 7 bridgehead atoms. The van der Waals surface area contributed by atoms with E-state index < -0.39 is 17.7 Å². The van der Waals surface area contributed by atoms with Gasteiger partial charge >= 0.3 is 5.97 Å². The van der Waals surface area contributed by atoms with E-state index in [1.54, 1.807) is 27.4 Å². The van der Waals surface area contributed by atoms with E-state index in [1.165, 1.54) is 6.08 Å². The summed E-state index contributed by atoms with van der Waals surface area (Å²) in [7, 11) is 8.63. The average Bonchev–Trinajstić information content (AvgIpc) is 3.48. The van der Waals surface area contributed by atoms with Crippen LogP contribution in [-0.2, 0) is 23.7 Å². The number of likely N-dealkylation sites (tertiary alicyclic amines) is 1. The second-order valence-electron chi connectivity index (χ2n) is 14.3. The van der Waals surface area contributed by atoms with E-state index in [4.69, 9.17) is 28.4 Å². The summed E-state index contributed by atoms with van der Waals surface area (Å²) >= 11 is 0. The summed E-state index contributed by atoms with van der Waals surface area (Å²) in [5, 5.41) is 13.0. The summed E-state index contributed by atoms with van der Waals surface area (Å²) in [5.74, 6) is 1.30. The highest BCUT2D eigenvalue weighted by Gasteiger charge is 2.84. The minimum atomic E-state index is -0.988. The van der Waals surface area contributed by atoms with Crippen LogP contribution in [0.1, 0.15) is 44.6 Å². The number of nitrogens with zero attached hydrogens (tertiary/aromatic N) is 1. The Hall–Kier alpha value is -2.17. The molecule has 9 heteroatoms. The highest BCUT2D eigenvalue weighted by molar-refractivity contribution is 5.87. The van der Waals surface area contributed by atoms with Gasteiger partial charge in [0.1, 0.15) is 6.10 Å². The van der Waals surface area contributed by atoms with E-state index in [2.05, 4.69) is 11.8 Å². The lowest BCUT2D eigenvalue weighted by atomic mass is 9.43. The Kier molecular flexibility index (Phi) is 7.60. The lowest BCUT2D eigenvalue weighted by Gasteiger charge is -2.69. The molecule has 0 aromatic heterocycles. The lowest BCUT2D eigenvalue weighted by Crippen LogP contribution is -2.76. The Labute approximate surface area is 261 Å². The number of carbonyl (C=O) groups excluding carboxylic acids is 1. The first-order valence-corrected chi connectivity index (χ1v) is 16.4. The standard InChI is InChI=1S/C35H49NO8/c1-7-36-18-33(19-39-2)13-12-28(43-6)35-22-15-21-26(42-5)17-34(38,23(32(35)36)16-27(33)35)30(22)31(21)44-29(37)11-9-20-8-10-24(40-3)25(14-20)41-4/h8-11,14,21-23,26-28,30-32,38H,7,12-13,15-19H2,1-6H3/b11-9+/t21?,22?,23?,26?,27?,28?,30?,31?,32?,33-,34?,35?/m0/s1. The molecule has 6 fully saturated rings. The van der Waals surface area contributed by atoms with Gasteiger partial charge in [-0.05, 0) is 67.8 Å². The number of carbonyl (C=O) groups is 1. The van der Waals surface area contributed by atoms with Gasteiger partial charge in [-0.2, -0.15) is 0 Å².